The van der Waals surface area contributed by atoms with Gasteiger partial charge in [0.1, 0.15) is 0 Å². The van der Waals surface area contributed by atoms with Crippen molar-refractivity contribution in [2.24, 2.45) is 0 Å². The maximum atomic E-state index is 2.35. The molecular weight excluding hydrogens is 567 g/mol. The Bertz CT molecular complexity index is 1000. The van der Waals surface area contributed by atoms with E-state index in [0.717, 1.165) is 0 Å². The Labute approximate surface area is 211 Å². The molecule has 0 fully saturated rings. The summed E-state index contributed by atoms with van der Waals surface area (Å²) >= 11 is 1.45. The van der Waals surface area contributed by atoms with Crippen molar-refractivity contribution in [3.05, 3.63) is 81.9 Å². The molecule has 0 heterocycles. The van der Waals surface area contributed by atoms with Gasteiger partial charge in [-0.05, 0) is 26.7 Å². The Hall–Kier alpha value is -1.25. The molecule has 0 aliphatic heterocycles. The van der Waals surface area contributed by atoms with E-state index >= 15 is 0 Å². The summed E-state index contributed by atoms with van der Waals surface area (Å²) in [6.45, 7) is 17.9. The van der Waals surface area contributed by atoms with Gasteiger partial charge in [0.2, 0.25) is 0 Å². The number of hydrogen-bond acceptors (Lipinski definition) is 0. The molecular formula is C30H40HfSi. The Morgan fingerprint density at radius 3 is 1.25 bits per heavy atom. The van der Waals surface area contributed by atoms with Crippen molar-refractivity contribution in [3.8, 4) is 0 Å². The van der Waals surface area contributed by atoms with Crippen LogP contribution in [0.25, 0.3) is 21.5 Å². The number of aryl methyl sites for hydroxylation is 6. The molecule has 32 heavy (non-hydrogen) atoms. The van der Waals surface area contributed by atoms with Crippen molar-refractivity contribution in [3.63, 3.8) is 0 Å². The Morgan fingerprint density at radius 1 is 0.656 bits per heavy atom. The summed E-state index contributed by atoms with van der Waals surface area (Å²) in [5.41, 5.74) is 8.82. The average Bonchev–Trinajstić information content (AvgIpc) is 3.35. The first-order chi connectivity index (χ1) is 15.2. The van der Waals surface area contributed by atoms with Crippen LogP contribution in [0.3, 0.4) is 0 Å². The quantitative estimate of drug-likeness (QED) is 0.161. The van der Waals surface area contributed by atoms with Crippen LogP contribution in [-0.4, -0.2) is 5.49 Å². The predicted octanol–water partition coefficient (Wildman–Crippen LogP) is 9.04. The van der Waals surface area contributed by atoms with Crippen LogP contribution in [0.5, 0.6) is 0 Å². The third kappa shape index (κ3) is 7.38. The van der Waals surface area contributed by atoms with Gasteiger partial charge in [-0.2, -0.15) is 12.1 Å². The fraction of sp³-hybridized carbons (Fsp3) is 0.400. The molecule has 2 heteroatoms. The van der Waals surface area contributed by atoms with Crippen molar-refractivity contribution in [2.75, 3.05) is 0 Å². The monoisotopic (exact) mass is 608 g/mol. The van der Waals surface area contributed by atoms with Crippen LogP contribution < -0.4 is 0 Å². The van der Waals surface area contributed by atoms with Crippen molar-refractivity contribution in [1.29, 1.82) is 0 Å². The van der Waals surface area contributed by atoms with Crippen LogP contribution in [0.1, 0.15) is 60.1 Å². The second-order valence-corrected chi connectivity index (χ2v) is 22.1. The Kier molecular flexibility index (Phi) is 10.8. The molecule has 0 N–H and O–H groups in total. The molecule has 0 aliphatic rings. The summed E-state index contributed by atoms with van der Waals surface area (Å²) in [5, 5.41) is 5.75. The van der Waals surface area contributed by atoms with E-state index in [1.165, 1.54) is 104 Å². The molecule has 0 aromatic heterocycles. The zero-order valence-electron chi connectivity index (χ0n) is 21.4. The molecule has 0 unspecified atom stereocenters. The van der Waals surface area contributed by atoms with E-state index in [9.17, 15) is 0 Å². The summed E-state index contributed by atoms with van der Waals surface area (Å²) in [5.74, 6) is 0. The average molecular weight is 607 g/mol. The van der Waals surface area contributed by atoms with Gasteiger partial charge in [-0.25, -0.2) is 0 Å². The molecule has 0 saturated heterocycles. The Balaban J connectivity index is 0.000000195. The molecule has 4 aromatic carbocycles. The normalized spacial score (nSPS) is 10.6. The molecule has 0 radical (unpaired) electrons. The molecule has 0 bridgehead atoms. The van der Waals surface area contributed by atoms with Crippen molar-refractivity contribution < 1.29 is 23.0 Å². The summed E-state index contributed by atoms with van der Waals surface area (Å²) in [6.07, 6.45) is 4.87. The van der Waals surface area contributed by atoms with E-state index < -0.39 is 0 Å². The Morgan fingerprint density at radius 2 is 0.969 bits per heavy atom. The number of benzene rings is 2. The van der Waals surface area contributed by atoms with Gasteiger partial charge in [0, 0.05) is 0 Å². The van der Waals surface area contributed by atoms with E-state index in [0.29, 0.717) is 0 Å². The molecule has 0 atom stereocenters. The van der Waals surface area contributed by atoms with Crippen LogP contribution >= 0.6 is 0 Å². The second-order valence-electron chi connectivity index (χ2n) is 9.28. The van der Waals surface area contributed by atoms with Gasteiger partial charge in [-0.15, -0.1) is 68.1 Å². The summed E-state index contributed by atoms with van der Waals surface area (Å²) in [7, 11) is 0. The van der Waals surface area contributed by atoms with E-state index in [-0.39, 0.29) is 5.49 Å². The van der Waals surface area contributed by atoms with Gasteiger partial charge in [0.05, 0.1) is 0 Å². The van der Waals surface area contributed by atoms with Crippen molar-refractivity contribution >= 4 is 27.0 Å². The van der Waals surface area contributed by atoms with E-state index in [1.54, 1.807) is 0 Å². The van der Waals surface area contributed by atoms with Gasteiger partial charge in [0.25, 0.3) is 0 Å². The molecule has 0 nitrogen and oxygen atoms in total. The first-order valence-corrected chi connectivity index (χ1v) is 19.9. The van der Waals surface area contributed by atoms with E-state index in [1.807, 2.05) is 0 Å². The van der Waals surface area contributed by atoms with Crippen LogP contribution in [0, 0.1) is 27.7 Å². The minimum absolute atomic E-state index is 0.259. The predicted molar refractivity (Wildman–Crippen MR) is 144 cm³/mol. The zero-order chi connectivity index (χ0) is 23.8. The number of fused-ring (bicyclic) bond motifs is 2. The minimum atomic E-state index is 0.259. The van der Waals surface area contributed by atoms with Crippen LogP contribution in [0.2, 0.25) is 13.1 Å². The fourth-order valence-electron chi connectivity index (χ4n) is 4.17. The van der Waals surface area contributed by atoms with Gasteiger partial charge < -0.3 is 0 Å². The third-order valence-corrected chi connectivity index (χ3v) is 5.84. The van der Waals surface area contributed by atoms with Crippen LogP contribution in [-0.2, 0) is 35.8 Å². The number of hydrogen-bond donors (Lipinski definition) is 0. The standard InChI is InChI=1S/2C14H17.C2H6Si.Hf/c2*1-4-5-12-8-13-10(2)6-7-11(3)14(13)9-12;1-3-2;/h2*6-9H,4-5H2,1-3H3;1-2H3;/q2*-1;;+2. The zero-order valence-corrected chi connectivity index (χ0v) is 26.0. The molecule has 4 aromatic rings. The fourth-order valence-corrected chi connectivity index (χ4v) is 4.17. The molecule has 0 amide bonds. The first kappa shape index (κ1) is 27.0. The topological polar surface area (TPSA) is 0 Å². The molecule has 4 rings (SSSR count). The molecule has 168 valence electrons. The SMILES string of the molecule is CCCc1cc2c(C)ccc(C)c2[cH-]1.CCCc1cc2c(C)ccc(C)c2[cH-]1.C[Si](C)=[Hf+2]. The summed E-state index contributed by atoms with van der Waals surface area (Å²) in [6, 6.07) is 18.3. The molecule has 0 saturated carbocycles. The second kappa shape index (κ2) is 12.8. The number of rotatable bonds is 4. The molecule has 0 spiro atoms. The van der Waals surface area contributed by atoms with Gasteiger partial charge in [0.15, 0.2) is 0 Å². The maximum absolute atomic E-state index is 2.35. The van der Waals surface area contributed by atoms with Gasteiger partial charge in [-0.3, -0.25) is 0 Å². The third-order valence-electron chi connectivity index (χ3n) is 5.84. The van der Waals surface area contributed by atoms with Crippen LogP contribution in [0.4, 0.5) is 0 Å². The van der Waals surface area contributed by atoms with Crippen molar-refractivity contribution in [1.82, 2.24) is 0 Å². The van der Waals surface area contributed by atoms with E-state index in [2.05, 4.69) is 103 Å². The van der Waals surface area contributed by atoms with Crippen molar-refractivity contribution in [2.45, 2.75) is 80.3 Å². The molecule has 0 aliphatic carbocycles. The summed E-state index contributed by atoms with van der Waals surface area (Å²) < 4.78 is 0. The first-order valence-electron chi connectivity index (χ1n) is 12.0. The van der Waals surface area contributed by atoms with E-state index in [4.69, 9.17) is 0 Å². The summed E-state index contributed by atoms with van der Waals surface area (Å²) in [4.78, 5) is 0. The van der Waals surface area contributed by atoms with Gasteiger partial charge in [-0.1, -0.05) is 63.8 Å². The van der Waals surface area contributed by atoms with Gasteiger partial charge >= 0.3 is 41.6 Å². The van der Waals surface area contributed by atoms with Crippen LogP contribution in [0.15, 0.2) is 48.5 Å².